The Morgan fingerprint density at radius 2 is 1.07 bits per heavy atom. The number of Topliss-reactive ketones (excluding diaryl/α,β-unsaturated/α-hetero) is 2. The van der Waals surface area contributed by atoms with Gasteiger partial charge < -0.3 is 45.4 Å². The Bertz CT molecular complexity index is 2160. The van der Waals surface area contributed by atoms with Gasteiger partial charge in [0.05, 0.1) is 11.1 Å². The molecule has 5 aromatic rings. The Kier molecular flexibility index (Phi) is 6.15. The molecule has 216 valence electrons. The van der Waals surface area contributed by atoms with Gasteiger partial charge in [0.25, 0.3) is 0 Å². The van der Waals surface area contributed by atoms with Crippen molar-refractivity contribution in [2.75, 3.05) is 0 Å². The number of carbonyl (C=O) groups excluding carboxylic acids is 2. The monoisotopic (exact) mass is 581 g/mol. The van der Waals surface area contributed by atoms with E-state index in [1.165, 1.54) is 53.1 Å². The Balaban J connectivity index is 1.77. The van der Waals surface area contributed by atoms with Crippen molar-refractivity contribution in [3.8, 4) is 68.4 Å². The zero-order valence-corrected chi connectivity index (χ0v) is 22.1. The standard InChI is InChI=1S/C32H23NO10/c34-19-4-1-14(9-22(19)37)7-8-33-30-28(16-3-6-21(36)24(39)11-16)31(42)18-13-26(41)25(40)12-17(18)29(30)27(32(33)43)15-2-5-20(35)23(38)10-15/h1-6,9-13,34-39,42-43H,7-8H2. The van der Waals surface area contributed by atoms with Crippen LogP contribution in [0.4, 0.5) is 0 Å². The van der Waals surface area contributed by atoms with Gasteiger partial charge in [0.15, 0.2) is 40.4 Å². The molecule has 1 heterocycles. The van der Waals surface area contributed by atoms with Gasteiger partial charge in [-0.2, -0.15) is 0 Å². The molecule has 1 aromatic heterocycles. The van der Waals surface area contributed by atoms with Gasteiger partial charge in [-0.25, -0.2) is 0 Å². The number of benzene rings is 4. The fraction of sp³-hybridized carbons (Fsp3) is 0.0625. The summed E-state index contributed by atoms with van der Waals surface area (Å²) in [4.78, 5) is 25.0. The highest BCUT2D eigenvalue weighted by atomic mass is 16.3. The van der Waals surface area contributed by atoms with Crippen molar-refractivity contribution < 1.29 is 50.4 Å². The molecular formula is C32H23NO10. The van der Waals surface area contributed by atoms with E-state index in [2.05, 4.69) is 0 Å². The third-order valence-electron chi connectivity index (χ3n) is 7.51. The summed E-state index contributed by atoms with van der Waals surface area (Å²) < 4.78 is 1.42. The number of rotatable bonds is 5. The number of aromatic hydroxyl groups is 8. The Morgan fingerprint density at radius 3 is 1.63 bits per heavy atom. The summed E-state index contributed by atoms with van der Waals surface area (Å²) in [5, 5.41) is 83.8. The Morgan fingerprint density at radius 1 is 0.558 bits per heavy atom. The maximum absolute atomic E-state index is 12.6. The van der Waals surface area contributed by atoms with Gasteiger partial charge in [-0.3, -0.25) is 9.59 Å². The Labute approximate surface area is 241 Å². The summed E-state index contributed by atoms with van der Waals surface area (Å²) in [5.41, 5.74) is 1.33. The maximum Gasteiger partial charge on any atom is 0.226 e. The summed E-state index contributed by atoms with van der Waals surface area (Å²) in [6.07, 6.45) is 2.21. The minimum atomic E-state index is -0.888. The molecule has 0 saturated carbocycles. The third kappa shape index (κ3) is 4.30. The van der Waals surface area contributed by atoms with Crippen LogP contribution in [0.1, 0.15) is 5.56 Å². The lowest BCUT2D eigenvalue weighted by Crippen LogP contribution is -2.34. The molecule has 11 heteroatoms. The van der Waals surface area contributed by atoms with E-state index in [1.54, 1.807) is 6.07 Å². The number of nitrogens with zero attached hydrogens (tertiary/aromatic N) is 1. The second-order valence-electron chi connectivity index (χ2n) is 10.1. The van der Waals surface area contributed by atoms with Gasteiger partial charge in [0.2, 0.25) is 11.6 Å². The predicted molar refractivity (Wildman–Crippen MR) is 154 cm³/mol. The average molecular weight is 582 g/mol. The van der Waals surface area contributed by atoms with E-state index in [4.69, 9.17) is 0 Å². The first-order valence-corrected chi connectivity index (χ1v) is 12.9. The van der Waals surface area contributed by atoms with Crippen LogP contribution in [-0.2, 0) is 22.6 Å². The summed E-state index contributed by atoms with van der Waals surface area (Å²) in [7, 11) is 0. The highest BCUT2D eigenvalue weighted by molar-refractivity contribution is 6.58. The van der Waals surface area contributed by atoms with Crippen LogP contribution in [0.5, 0.6) is 46.1 Å². The number of hydrogen-bond acceptors (Lipinski definition) is 10. The predicted octanol–water partition coefficient (Wildman–Crippen LogP) is 2.58. The maximum atomic E-state index is 12.6. The van der Waals surface area contributed by atoms with E-state index in [1.807, 2.05) is 0 Å². The van der Waals surface area contributed by atoms with Crippen LogP contribution in [-0.4, -0.2) is 57.0 Å². The van der Waals surface area contributed by atoms with Crippen LogP contribution >= 0.6 is 0 Å². The van der Waals surface area contributed by atoms with E-state index >= 15 is 0 Å². The molecule has 0 aliphatic heterocycles. The summed E-state index contributed by atoms with van der Waals surface area (Å²) in [6.45, 7) is 0.0164. The molecule has 0 fully saturated rings. The normalized spacial score (nSPS) is 12.7. The van der Waals surface area contributed by atoms with Crippen molar-refractivity contribution in [3.05, 3.63) is 70.6 Å². The minimum absolute atomic E-state index is 0.0164. The lowest BCUT2D eigenvalue weighted by atomic mass is 9.92. The molecule has 1 aliphatic carbocycles. The van der Waals surface area contributed by atoms with E-state index in [0.29, 0.717) is 5.56 Å². The molecule has 1 aliphatic rings. The fourth-order valence-corrected chi connectivity index (χ4v) is 5.43. The van der Waals surface area contributed by atoms with E-state index < -0.39 is 40.3 Å². The van der Waals surface area contributed by atoms with Crippen molar-refractivity contribution in [2.24, 2.45) is 0 Å². The molecule has 43 heavy (non-hydrogen) atoms. The molecular weight excluding hydrogens is 558 g/mol. The van der Waals surface area contributed by atoms with E-state index in [-0.39, 0.29) is 73.9 Å². The zero-order valence-electron chi connectivity index (χ0n) is 22.1. The van der Waals surface area contributed by atoms with Crippen LogP contribution in [0.25, 0.3) is 45.3 Å². The van der Waals surface area contributed by atoms with Gasteiger partial charge in [0, 0.05) is 28.8 Å². The second kappa shape index (κ2) is 9.77. The van der Waals surface area contributed by atoms with Crippen LogP contribution in [0, 0.1) is 0 Å². The van der Waals surface area contributed by atoms with Gasteiger partial charge in [-0.05, 0) is 70.8 Å². The average Bonchev–Trinajstić information content (AvgIpc) is 3.25. The number of phenols is 7. The van der Waals surface area contributed by atoms with Gasteiger partial charge in [0.1, 0.15) is 5.75 Å². The first-order chi connectivity index (χ1) is 20.5. The Hall–Kier alpha value is -6.10. The number of carbonyl (C=O) groups is 2. The molecule has 8 N–H and O–H groups in total. The van der Waals surface area contributed by atoms with Crippen LogP contribution in [0.3, 0.4) is 0 Å². The number of hydrogen-bond donors (Lipinski definition) is 8. The number of phenolic OH excluding ortho intramolecular Hbond substituents is 7. The number of ketones is 2. The summed E-state index contributed by atoms with van der Waals surface area (Å²) in [6, 6.07) is 11.9. The molecule has 4 aromatic carbocycles. The van der Waals surface area contributed by atoms with Crippen molar-refractivity contribution in [3.63, 3.8) is 0 Å². The summed E-state index contributed by atoms with van der Waals surface area (Å²) in [5.74, 6) is -5.06. The fourth-order valence-electron chi connectivity index (χ4n) is 5.43. The van der Waals surface area contributed by atoms with Crippen molar-refractivity contribution in [2.45, 2.75) is 13.0 Å². The molecule has 0 radical (unpaired) electrons. The number of aromatic nitrogens is 1. The smallest absolute Gasteiger partial charge is 0.226 e. The zero-order chi connectivity index (χ0) is 30.7. The van der Waals surface area contributed by atoms with Crippen LogP contribution < -0.4 is 10.4 Å². The molecule has 0 atom stereocenters. The largest absolute Gasteiger partial charge is 0.507 e. The van der Waals surface area contributed by atoms with Crippen molar-refractivity contribution in [1.82, 2.24) is 4.57 Å². The highest BCUT2D eigenvalue weighted by Gasteiger charge is 2.29. The minimum Gasteiger partial charge on any atom is -0.507 e. The molecule has 0 bridgehead atoms. The lowest BCUT2D eigenvalue weighted by Gasteiger charge is -2.15. The molecule has 11 nitrogen and oxygen atoms in total. The number of fused-ring (bicyclic) bond motifs is 3. The second-order valence-corrected chi connectivity index (χ2v) is 10.1. The highest BCUT2D eigenvalue weighted by Crippen LogP contribution is 2.46. The molecule has 0 spiro atoms. The first kappa shape index (κ1) is 27.1. The molecule has 6 rings (SSSR count). The SMILES string of the molecule is O=C1C=c2c(O)c(-c3ccc(O)c(O)c3)c3c(c(-c4ccc(O)c(O)c4)c(O)n3CCc3ccc(O)c(O)c3)c2=CC1=O. The molecule has 0 unspecified atom stereocenters. The quantitative estimate of drug-likeness (QED) is 0.113. The van der Waals surface area contributed by atoms with Gasteiger partial charge in [-0.1, -0.05) is 18.2 Å². The lowest BCUT2D eigenvalue weighted by molar-refractivity contribution is -0.129. The van der Waals surface area contributed by atoms with Gasteiger partial charge >= 0.3 is 0 Å². The van der Waals surface area contributed by atoms with Crippen LogP contribution in [0.15, 0.2) is 54.6 Å². The topological polar surface area (TPSA) is 201 Å². The van der Waals surface area contributed by atoms with Crippen LogP contribution in [0.2, 0.25) is 0 Å². The third-order valence-corrected chi connectivity index (χ3v) is 7.51. The summed E-state index contributed by atoms with van der Waals surface area (Å²) >= 11 is 0. The molecule has 0 saturated heterocycles. The van der Waals surface area contributed by atoms with E-state index in [9.17, 15) is 50.4 Å². The van der Waals surface area contributed by atoms with E-state index in [0.717, 1.165) is 12.2 Å². The van der Waals surface area contributed by atoms with Crippen molar-refractivity contribution >= 4 is 34.6 Å². The first-order valence-electron chi connectivity index (χ1n) is 12.9. The van der Waals surface area contributed by atoms with Crippen molar-refractivity contribution in [1.29, 1.82) is 0 Å². The van der Waals surface area contributed by atoms with Gasteiger partial charge in [-0.15, -0.1) is 0 Å². The number of aryl methyl sites for hydroxylation is 2. The molecule has 0 amide bonds.